The van der Waals surface area contributed by atoms with Gasteiger partial charge in [-0.2, -0.15) is 0 Å². The fraction of sp³-hybridized carbons (Fsp3) is 0. The average molecular weight is 208 g/mol. The molecule has 0 aliphatic rings. The van der Waals surface area contributed by atoms with E-state index in [4.69, 9.17) is 0 Å². The van der Waals surface area contributed by atoms with Crippen molar-refractivity contribution in [1.29, 1.82) is 0 Å². The van der Waals surface area contributed by atoms with E-state index in [1.807, 2.05) is 0 Å². The summed E-state index contributed by atoms with van der Waals surface area (Å²) < 4.78 is 0. The second kappa shape index (κ2) is 36.1. The van der Waals surface area contributed by atoms with E-state index in [-0.39, 0.29) is 74.6 Å². The van der Waals surface area contributed by atoms with Gasteiger partial charge < -0.3 is 40.5 Å². The van der Waals surface area contributed by atoms with Crippen molar-refractivity contribution in [2.45, 2.75) is 0 Å². The van der Waals surface area contributed by atoms with Crippen LogP contribution in [0.15, 0.2) is 0 Å². The Morgan fingerprint density at radius 2 is 0.600 bits per heavy atom. The summed E-state index contributed by atoms with van der Waals surface area (Å²) in [5, 5.41) is 0. The third-order valence-electron chi connectivity index (χ3n) is 0. The molecule has 0 radical (unpaired) electrons. The molecule has 0 saturated carbocycles. The summed E-state index contributed by atoms with van der Waals surface area (Å²) in [6, 6.07) is 0. The van der Waals surface area contributed by atoms with Gasteiger partial charge in [0.25, 0.3) is 0 Å². The Morgan fingerprint density at radius 3 is 0.600 bits per heavy atom. The SMILES string of the molecule is [Fe+2].[Fe+4].[S-2].[S-2].[S-2]. The van der Waals surface area contributed by atoms with Crippen molar-refractivity contribution in [3.63, 3.8) is 0 Å². The fourth-order valence-electron chi connectivity index (χ4n) is 0. The summed E-state index contributed by atoms with van der Waals surface area (Å²) in [5.74, 6) is 0. The minimum atomic E-state index is 0. The molecule has 0 amide bonds. The van der Waals surface area contributed by atoms with Gasteiger partial charge in [0.2, 0.25) is 0 Å². The summed E-state index contributed by atoms with van der Waals surface area (Å²) in [6.07, 6.45) is 0. The maximum absolute atomic E-state index is 0. The Kier molecular flexibility index (Phi) is 435. The topological polar surface area (TPSA) is 0 Å². The molecule has 0 heterocycles. The van der Waals surface area contributed by atoms with Crippen LogP contribution >= 0.6 is 0 Å². The number of rotatable bonds is 0. The van der Waals surface area contributed by atoms with Crippen molar-refractivity contribution < 1.29 is 34.1 Å². The predicted octanol–water partition coefficient (Wildman–Crippen LogP) is -0.0122. The first-order chi connectivity index (χ1) is 0. The molecule has 0 aromatic carbocycles. The standard InChI is InChI=1S/2Fe.3S/q+2;+4;3*-2. The van der Waals surface area contributed by atoms with Gasteiger partial charge in [-0.3, -0.25) is 0 Å². The van der Waals surface area contributed by atoms with Crippen LogP contribution in [-0.2, 0) is 74.6 Å². The van der Waals surface area contributed by atoms with Crippen LogP contribution in [0.5, 0.6) is 0 Å². The Hall–Kier alpha value is 2.09. The quantitative estimate of drug-likeness (QED) is 0.491. The molecule has 5 heavy (non-hydrogen) atoms. The van der Waals surface area contributed by atoms with Gasteiger partial charge in [-0.1, -0.05) is 0 Å². The van der Waals surface area contributed by atoms with E-state index in [2.05, 4.69) is 0 Å². The third-order valence-corrected chi connectivity index (χ3v) is 0. The Balaban J connectivity index is 0. The molecule has 0 rings (SSSR count). The second-order valence-corrected chi connectivity index (χ2v) is 0. The van der Waals surface area contributed by atoms with Crippen molar-refractivity contribution in [2.24, 2.45) is 0 Å². The molecular formula is Fe2S3. The zero-order valence-corrected chi connectivity index (χ0v) is 6.59. The van der Waals surface area contributed by atoms with E-state index in [1.165, 1.54) is 0 Å². The van der Waals surface area contributed by atoms with Crippen LogP contribution in [0, 0.1) is 0 Å². The van der Waals surface area contributed by atoms with Gasteiger partial charge in [-0.05, 0) is 0 Å². The van der Waals surface area contributed by atoms with Gasteiger partial charge in [0.05, 0.1) is 0 Å². The van der Waals surface area contributed by atoms with Crippen LogP contribution in [0.3, 0.4) is 0 Å². The molecule has 0 fully saturated rings. The zero-order valence-electron chi connectivity index (χ0n) is 1.93. The molecule has 0 unspecified atom stereocenters. The van der Waals surface area contributed by atoms with Gasteiger partial charge in [0.1, 0.15) is 0 Å². The molecule has 5 heteroatoms. The Morgan fingerprint density at radius 1 is 0.600 bits per heavy atom. The van der Waals surface area contributed by atoms with E-state index < -0.39 is 0 Å². The normalized spacial score (nSPS) is 0. The first-order valence-corrected chi connectivity index (χ1v) is 0. The average Bonchev–Trinajstić information content (AvgIpc) is 0. The maximum Gasteiger partial charge on any atom is 4.00 e. The molecular weight excluding hydrogens is 208 g/mol. The molecule has 0 aliphatic carbocycles. The van der Waals surface area contributed by atoms with Crippen LogP contribution < -0.4 is 0 Å². The van der Waals surface area contributed by atoms with E-state index >= 15 is 0 Å². The smallest absolute Gasteiger partial charge is 2.00 e. The molecule has 34 valence electrons. The van der Waals surface area contributed by atoms with Crippen molar-refractivity contribution in [3.8, 4) is 0 Å². The van der Waals surface area contributed by atoms with E-state index in [0.717, 1.165) is 0 Å². The van der Waals surface area contributed by atoms with Gasteiger partial charge in [0.15, 0.2) is 0 Å². The Labute approximate surface area is 74.1 Å². The largest absolute Gasteiger partial charge is 4.00 e. The summed E-state index contributed by atoms with van der Waals surface area (Å²) in [6.45, 7) is 0. The van der Waals surface area contributed by atoms with Gasteiger partial charge in [-0.15, -0.1) is 0 Å². The van der Waals surface area contributed by atoms with Crippen LogP contribution in [-0.4, -0.2) is 0 Å². The number of hydrogen-bond donors (Lipinski definition) is 0. The summed E-state index contributed by atoms with van der Waals surface area (Å²) in [4.78, 5) is 0. The van der Waals surface area contributed by atoms with Crippen molar-refractivity contribution in [1.82, 2.24) is 0 Å². The van der Waals surface area contributed by atoms with E-state index in [1.54, 1.807) is 0 Å². The summed E-state index contributed by atoms with van der Waals surface area (Å²) >= 11 is 0. The van der Waals surface area contributed by atoms with Gasteiger partial charge >= 0.3 is 34.1 Å². The second-order valence-electron chi connectivity index (χ2n) is 0. The van der Waals surface area contributed by atoms with Crippen LogP contribution in [0.25, 0.3) is 0 Å². The minimum Gasteiger partial charge on any atom is -2.00 e. The summed E-state index contributed by atoms with van der Waals surface area (Å²) in [5.41, 5.74) is 0. The molecule has 0 aromatic rings. The third kappa shape index (κ3) is 23.3. The van der Waals surface area contributed by atoms with Crippen molar-refractivity contribution >= 4 is 40.5 Å². The monoisotopic (exact) mass is 208 g/mol. The van der Waals surface area contributed by atoms with Gasteiger partial charge in [0, 0.05) is 0 Å². The van der Waals surface area contributed by atoms with Crippen LogP contribution in [0.1, 0.15) is 0 Å². The first-order valence-electron chi connectivity index (χ1n) is 0. The molecule has 0 spiro atoms. The zero-order chi connectivity index (χ0) is 0. The van der Waals surface area contributed by atoms with Crippen molar-refractivity contribution in [2.75, 3.05) is 0 Å². The van der Waals surface area contributed by atoms with Gasteiger partial charge in [-0.25, -0.2) is 0 Å². The predicted molar refractivity (Wildman–Crippen MR) is 22.1 cm³/mol. The molecule has 0 aromatic heterocycles. The molecule has 0 saturated heterocycles. The number of hydrogen-bond acceptors (Lipinski definition) is 0. The molecule has 0 atom stereocenters. The van der Waals surface area contributed by atoms with E-state index in [0.29, 0.717) is 0 Å². The molecule has 0 bridgehead atoms. The van der Waals surface area contributed by atoms with Crippen LogP contribution in [0.4, 0.5) is 0 Å². The van der Waals surface area contributed by atoms with Crippen LogP contribution in [0.2, 0.25) is 0 Å². The molecule has 0 nitrogen and oxygen atoms in total. The molecule has 0 N–H and O–H groups in total. The minimum absolute atomic E-state index is 0. The Bertz CT molecular complexity index is 4.85. The maximum atomic E-state index is 0. The first kappa shape index (κ1) is 60.2. The fourth-order valence-corrected chi connectivity index (χ4v) is 0. The van der Waals surface area contributed by atoms with E-state index in [9.17, 15) is 0 Å². The summed E-state index contributed by atoms with van der Waals surface area (Å²) in [7, 11) is 0. The molecule has 0 aliphatic heterocycles. The van der Waals surface area contributed by atoms with Crippen molar-refractivity contribution in [3.05, 3.63) is 0 Å².